The van der Waals surface area contributed by atoms with Gasteiger partial charge in [-0.05, 0) is 27.7 Å². The monoisotopic (exact) mass is 430 g/mol. The Labute approximate surface area is 174 Å². The molecule has 0 spiro atoms. The van der Waals surface area contributed by atoms with Gasteiger partial charge in [-0.1, -0.05) is 0 Å². The Morgan fingerprint density at radius 1 is 0.667 bits per heavy atom. The van der Waals surface area contributed by atoms with Gasteiger partial charge in [-0.2, -0.15) is 0 Å². The van der Waals surface area contributed by atoms with Crippen LogP contribution in [0.5, 0.6) is 0 Å². The fourth-order valence-corrected chi connectivity index (χ4v) is 3.34. The van der Waals surface area contributed by atoms with Crippen LogP contribution in [-0.4, -0.2) is 118 Å². The lowest BCUT2D eigenvalue weighted by Crippen LogP contribution is -2.44. The van der Waals surface area contributed by atoms with Crippen LogP contribution in [0.15, 0.2) is 0 Å². The first-order valence-corrected chi connectivity index (χ1v) is 9.66. The van der Waals surface area contributed by atoms with Gasteiger partial charge in [0.15, 0.2) is 0 Å². The molecule has 0 aromatic heterocycles. The molecule has 2 rings (SSSR count). The van der Waals surface area contributed by atoms with Crippen molar-refractivity contribution in [1.29, 1.82) is 0 Å². The summed E-state index contributed by atoms with van der Waals surface area (Å²) in [5, 5.41) is 18.6. The van der Waals surface area contributed by atoms with Crippen molar-refractivity contribution in [2.75, 3.05) is 53.0 Å². The van der Waals surface area contributed by atoms with E-state index in [4.69, 9.17) is 9.47 Å². The predicted molar refractivity (Wildman–Crippen MR) is 102 cm³/mol. The number of aliphatic hydroxyl groups is 2. The SMILES string of the molecule is CC1(C)C(=O)N(CCOCCOCCN2C(=O)N(CO)C(C)(C)C2=O)C(=O)N1CO. The first-order valence-electron chi connectivity index (χ1n) is 9.66. The Morgan fingerprint density at radius 3 is 1.27 bits per heavy atom. The van der Waals surface area contributed by atoms with Gasteiger partial charge in [0, 0.05) is 0 Å². The fourth-order valence-electron chi connectivity index (χ4n) is 3.34. The molecule has 0 unspecified atom stereocenters. The number of nitrogens with zero attached hydrogens (tertiary/aromatic N) is 4. The number of ether oxygens (including phenoxy) is 2. The summed E-state index contributed by atoms with van der Waals surface area (Å²) in [7, 11) is 0. The number of carbonyl (C=O) groups is 4. The molecule has 2 heterocycles. The summed E-state index contributed by atoms with van der Waals surface area (Å²) in [6, 6.07) is -1.13. The molecule has 2 saturated heterocycles. The summed E-state index contributed by atoms with van der Waals surface area (Å²) in [4.78, 5) is 53.1. The third-order valence-electron chi connectivity index (χ3n) is 5.38. The van der Waals surface area contributed by atoms with Crippen molar-refractivity contribution in [2.24, 2.45) is 0 Å². The van der Waals surface area contributed by atoms with Crippen molar-refractivity contribution >= 4 is 23.9 Å². The number of urea groups is 2. The van der Waals surface area contributed by atoms with Gasteiger partial charge in [-0.15, -0.1) is 0 Å². The van der Waals surface area contributed by atoms with Crippen LogP contribution in [0.1, 0.15) is 27.7 Å². The van der Waals surface area contributed by atoms with Crippen LogP contribution in [0, 0.1) is 0 Å². The van der Waals surface area contributed by atoms with Crippen molar-refractivity contribution in [2.45, 2.75) is 38.8 Å². The van der Waals surface area contributed by atoms with Gasteiger partial charge in [-0.3, -0.25) is 29.2 Å². The number of rotatable bonds is 11. The third kappa shape index (κ3) is 4.26. The zero-order chi connectivity index (χ0) is 22.7. The zero-order valence-electron chi connectivity index (χ0n) is 17.8. The predicted octanol–water partition coefficient (Wildman–Crippen LogP) is -0.995. The summed E-state index contributed by atoms with van der Waals surface area (Å²) >= 11 is 0. The lowest BCUT2D eigenvalue weighted by Gasteiger charge is -2.24. The molecule has 0 atom stereocenters. The minimum atomic E-state index is -1.10. The highest BCUT2D eigenvalue weighted by atomic mass is 16.5. The number of amides is 6. The van der Waals surface area contributed by atoms with E-state index < -0.39 is 48.4 Å². The molecule has 170 valence electrons. The molecule has 0 aliphatic carbocycles. The molecule has 6 amide bonds. The molecule has 0 radical (unpaired) electrons. The lowest BCUT2D eigenvalue weighted by atomic mass is 10.1. The second-order valence-corrected chi connectivity index (χ2v) is 7.96. The normalized spacial score (nSPS) is 20.9. The smallest absolute Gasteiger partial charge is 0.329 e. The molecule has 0 aromatic rings. The molecular formula is C18H30N4O8. The van der Waals surface area contributed by atoms with E-state index in [1.807, 2.05) is 0 Å². The van der Waals surface area contributed by atoms with Crippen LogP contribution in [0.3, 0.4) is 0 Å². The average molecular weight is 430 g/mol. The van der Waals surface area contributed by atoms with E-state index in [1.165, 1.54) is 0 Å². The van der Waals surface area contributed by atoms with Crippen LogP contribution in [0.4, 0.5) is 9.59 Å². The van der Waals surface area contributed by atoms with E-state index in [-0.39, 0.29) is 39.5 Å². The standard InChI is InChI=1S/C18H30N4O8/c1-17(2)13(25)19(15(27)21(17)11-23)5-7-29-9-10-30-8-6-20-14(26)18(3,4)22(12-24)16(20)28/h23-24H,5-12H2,1-4H3. The highest BCUT2D eigenvalue weighted by Crippen LogP contribution is 2.27. The van der Waals surface area contributed by atoms with Crippen molar-refractivity contribution in [3.8, 4) is 0 Å². The van der Waals surface area contributed by atoms with Gasteiger partial charge in [0.05, 0.1) is 39.5 Å². The molecule has 2 fully saturated rings. The van der Waals surface area contributed by atoms with E-state index in [1.54, 1.807) is 27.7 Å². The van der Waals surface area contributed by atoms with Gasteiger partial charge in [0.25, 0.3) is 11.8 Å². The van der Waals surface area contributed by atoms with E-state index in [2.05, 4.69) is 0 Å². The molecule has 12 nitrogen and oxygen atoms in total. The Bertz CT molecular complexity index is 638. The highest BCUT2D eigenvalue weighted by molar-refractivity contribution is 6.07. The van der Waals surface area contributed by atoms with Crippen LogP contribution in [-0.2, 0) is 19.1 Å². The maximum Gasteiger partial charge on any atom is 0.329 e. The molecule has 2 aliphatic rings. The molecule has 2 N–H and O–H groups in total. The fraction of sp³-hybridized carbons (Fsp3) is 0.778. The van der Waals surface area contributed by atoms with E-state index >= 15 is 0 Å². The van der Waals surface area contributed by atoms with Gasteiger partial charge in [-0.25, -0.2) is 9.59 Å². The maximum absolute atomic E-state index is 12.3. The molecule has 0 aromatic carbocycles. The zero-order valence-corrected chi connectivity index (χ0v) is 17.8. The summed E-state index contributed by atoms with van der Waals surface area (Å²) in [6.45, 7) is 5.89. The van der Waals surface area contributed by atoms with Crippen molar-refractivity contribution in [1.82, 2.24) is 19.6 Å². The molecule has 0 saturated carbocycles. The Morgan fingerprint density at radius 2 is 1.00 bits per heavy atom. The second-order valence-electron chi connectivity index (χ2n) is 7.96. The third-order valence-corrected chi connectivity index (χ3v) is 5.38. The Kier molecular flexibility index (Phi) is 7.40. The van der Waals surface area contributed by atoms with Gasteiger partial charge < -0.3 is 19.7 Å². The second kappa shape index (κ2) is 9.25. The minimum absolute atomic E-state index is 0.0560. The first-order chi connectivity index (χ1) is 14.0. The Balaban J connectivity index is 1.64. The number of carbonyl (C=O) groups excluding carboxylic acids is 4. The summed E-state index contributed by atoms with van der Waals surface area (Å²) in [6.07, 6.45) is 0. The average Bonchev–Trinajstić information content (AvgIpc) is 2.94. The quantitative estimate of drug-likeness (QED) is 0.314. The largest absolute Gasteiger partial charge is 0.377 e. The van der Waals surface area contributed by atoms with Crippen LogP contribution in [0.2, 0.25) is 0 Å². The maximum atomic E-state index is 12.3. The van der Waals surface area contributed by atoms with Crippen molar-refractivity contribution in [3.05, 3.63) is 0 Å². The van der Waals surface area contributed by atoms with E-state index in [9.17, 15) is 29.4 Å². The molecule has 2 aliphatic heterocycles. The molecule has 30 heavy (non-hydrogen) atoms. The van der Waals surface area contributed by atoms with E-state index in [0.29, 0.717) is 0 Å². The first kappa shape index (κ1) is 24.0. The molecule has 0 bridgehead atoms. The van der Waals surface area contributed by atoms with Crippen molar-refractivity contribution in [3.63, 3.8) is 0 Å². The Hall–Kier alpha value is -2.28. The summed E-state index contributed by atoms with van der Waals surface area (Å²) < 4.78 is 10.7. The van der Waals surface area contributed by atoms with Crippen LogP contribution in [0.25, 0.3) is 0 Å². The van der Waals surface area contributed by atoms with E-state index in [0.717, 1.165) is 19.6 Å². The molecule has 12 heteroatoms. The number of aliphatic hydroxyl groups excluding tert-OH is 2. The van der Waals surface area contributed by atoms with Gasteiger partial charge >= 0.3 is 12.1 Å². The number of hydrogen-bond acceptors (Lipinski definition) is 8. The summed E-state index contributed by atoms with van der Waals surface area (Å²) in [5.74, 6) is -0.803. The van der Waals surface area contributed by atoms with Gasteiger partial charge in [0.1, 0.15) is 24.5 Å². The topological polar surface area (TPSA) is 140 Å². The molecular weight excluding hydrogens is 400 g/mol. The highest BCUT2D eigenvalue weighted by Gasteiger charge is 2.51. The summed E-state index contributed by atoms with van der Waals surface area (Å²) in [5.41, 5.74) is -2.20. The van der Waals surface area contributed by atoms with Gasteiger partial charge in [0.2, 0.25) is 0 Å². The van der Waals surface area contributed by atoms with Crippen LogP contribution < -0.4 is 0 Å². The minimum Gasteiger partial charge on any atom is -0.377 e. The lowest BCUT2D eigenvalue weighted by molar-refractivity contribution is -0.134. The number of imide groups is 2. The van der Waals surface area contributed by atoms with Crippen molar-refractivity contribution < 1.29 is 38.9 Å². The number of hydrogen-bond donors (Lipinski definition) is 2. The van der Waals surface area contributed by atoms with Crippen LogP contribution >= 0.6 is 0 Å².